The van der Waals surface area contributed by atoms with Crippen LogP contribution in [0.5, 0.6) is 5.75 Å². The Hall–Kier alpha value is -1.10. The maximum absolute atomic E-state index is 10.2. The largest absolute Gasteiger partial charge is 0.491 e. The van der Waals surface area contributed by atoms with E-state index in [1.165, 1.54) is 5.56 Å². The number of piperidine rings is 1. The molecule has 0 bridgehead atoms. The average molecular weight is 321 g/mol. The molecule has 1 fully saturated rings. The van der Waals surface area contributed by atoms with E-state index in [1.54, 1.807) is 0 Å². The molecular formula is C19H31NO3. The van der Waals surface area contributed by atoms with Crippen molar-refractivity contribution >= 4 is 0 Å². The highest BCUT2D eigenvalue weighted by Gasteiger charge is 2.20. The number of likely N-dealkylation sites (tertiary alicyclic amines) is 1. The first-order chi connectivity index (χ1) is 10.8. The zero-order chi connectivity index (χ0) is 17.0. The predicted octanol–water partition coefficient (Wildman–Crippen LogP) is 2.49. The van der Waals surface area contributed by atoms with Crippen LogP contribution in [0.1, 0.15) is 44.7 Å². The summed E-state index contributed by atoms with van der Waals surface area (Å²) in [5.41, 5.74) is 2.50. The molecule has 0 spiro atoms. The SMILES string of the molecule is Cc1cc(C(C)(C)C)ccc1OC[C@H](O)CN1CCC[C@@H](O)C1. The second-order valence-electron chi connectivity index (χ2n) is 7.75. The van der Waals surface area contributed by atoms with Crippen LogP contribution in [0.25, 0.3) is 0 Å². The Labute approximate surface area is 140 Å². The van der Waals surface area contributed by atoms with Gasteiger partial charge in [0.25, 0.3) is 0 Å². The number of hydrogen-bond acceptors (Lipinski definition) is 4. The van der Waals surface area contributed by atoms with Crippen molar-refractivity contribution < 1.29 is 14.9 Å². The second-order valence-corrected chi connectivity index (χ2v) is 7.75. The van der Waals surface area contributed by atoms with Crippen molar-refractivity contribution in [2.24, 2.45) is 0 Å². The van der Waals surface area contributed by atoms with Crippen molar-refractivity contribution in [3.05, 3.63) is 29.3 Å². The molecule has 0 unspecified atom stereocenters. The molecule has 23 heavy (non-hydrogen) atoms. The highest BCUT2D eigenvalue weighted by molar-refractivity contribution is 5.38. The van der Waals surface area contributed by atoms with Crippen LogP contribution in [0.2, 0.25) is 0 Å². The van der Waals surface area contributed by atoms with Gasteiger partial charge in [-0.3, -0.25) is 4.90 Å². The van der Waals surface area contributed by atoms with Crippen LogP contribution in [-0.4, -0.2) is 53.6 Å². The fraction of sp³-hybridized carbons (Fsp3) is 0.684. The summed E-state index contributed by atoms with van der Waals surface area (Å²) in [6.45, 7) is 11.0. The fourth-order valence-electron chi connectivity index (χ4n) is 3.01. The maximum atomic E-state index is 10.2. The molecule has 0 aromatic heterocycles. The van der Waals surface area contributed by atoms with Crippen LogP contribution < -0.4 is 4.74 Å². The van der Waals surface area contributed by atoms with Crippen molar-refractivity contribution in [1.29, 1.82) is 0 Å². The minimum Gasteiger partial charge on any atom is -0.491 e. The number of aliphatic hydroxyl groups excluding tert-OH is 2. The molecule has 2 rings (SSSR count). The summed E-state index contributed by atoms with van der Waals surface area (Å²) in [5, 5.41) is 19.8. The first-order valence-electron chi connectivity index (χ1n) is 8.58. The number of β-amino-alcohol motifs (C(OH)–C–C–N with tert-alkyl or cyclic N) is 2. The average Bonchev–Trinajstić information content (AvgIpc) is 2.45. The molecule has 0 saturated carbocycles. The van der Waals surface area contributed by atoms with Crippen molar-refractivity contribution in [3.63, 3.8) is 0 Å². The maximum Gasteiger partial charge on any atom is 0.122 e. The third-order valence-corrected chi connectivity index (χ3v) is 4.42. The van der Waals surface area contributed by atoms with E-state index in [9.17, 15) is 10.2 Å². The summed E-state index contributed by atoms with van der Waals surface area (Å²) in [7, 11) is 0. The minimum atomic E-state index is -0.540. The number of aryl methyl sites for hydroxylation is 1. The molecule has 2 atom stereocenters. The predicted molar refractivity (Wildman–Crippen MR) is 93.1 cm³/mol. The Bertz CT molecular complexity index is 510. The molecule has 4 nitrogen and oxygen atoms in total. The van der Waals surface area contributed by atoms with Gasteiger partial charge in [-0.05, 0) is 48.9 Å². The van der Waals surface area contributed by atoms with Crippen LogP contribution in [0.15, 0.2) is 18.2 Å². The lowest BCUT2D eigenvalue weighted by Gasteiger charge is -2.31. The third-order valence-electron chi connectivity index (χ3n) is 4.42. The molecule has 130 valence electrons. The van der Waals surface area contributed by atoms with Gasteiger partial charge in [-0.1, -0.05) is 32.9 Å². The lowest BCUT2D eigenvalue weighted by molar-refractivity contribution is 0.0242. The first kappa shape index (κ1) is 18.2. The van der Waals surface area contributed by atoms with Gasteiger partial charge >= 0.3 is 0 Å². The molecule has 1 heterocycles. The molecule has 1 aliphatic rings. The normalized spacial score (nSPS) is 21.2. The molecule has 1 aromatic rings. The summed E-state index contributed by atoms with van der Waals surface area (Å²) >= 11 is 0. The van der Waals surface area contributed by atoms with E-state index in [2.05, 4.69) is 37.8 Å². The Morgan fingerprint density at radius 2 is 2.09 bits per heavy atom. The summed E-state index contributed by atoms with van der Waals surface area (Å²) in [6.07, 6.45) is 1.05. The number of benzene rings is 1. The van der Waals surface area contributed by atoms with Crippen molar-refractivity contribution in [3.8, 4) is 5.75 Å². The van der Waals surface area contributed by atoms with Gasteiger partial charge < -0.3 is 14.9 Å². The van der Waals surface area contributed by atoms with Crippen LogP contribution in [0, 0.1) is 6.92 Å². The Morgan fingerprint density at radius 3 is 2.70 bits per heavy atom. The van der Waals surface area contributed by atoms with Crippen molar-refractivity contribution in [2.45, 2.75) is 58.2 Å². The van der Waals surface area contributed by atoms with Gasteiger partial charge in [0.1, 0.15) is 18.5 Å². The zero-order valence-corrected chi connectivity index (χ0v) is 14.9. The summed E-state index contributed by atoms with van der Waals surface area (Å²) in [6, 6.07) is 6.24. The minimum absolute atomic E-state index is 0.123. The van der Waals surface area contributed by atoms with Gasteiger partial charge in [0.05, 0.1) is 6.10 Å². The Balaban J connectivity index is 1.85. The number of ether oxygens (including phenoxy) is 1. The first-order valence-corrected chi connectivity index (χ1v) is 8.58. The molecule has 1 saturated heterocycles. The van der Waals surface area contributed by atoms with E-state index >= 15 is 0 Å². The Kier molecular flexibility index (Phi) is 6.06. The van der Waals surface area contributed by atoms with Gasteiger partial charge in [0, 0.05) is 13.1 Å². The molecule has 0 radical (unpaired) electrons. The summed E-state index contributed by atoms with van der Waals surface area (Å²) in [5.74, 6) is 0.829. The number of rotatable bonds is 5. The number of aliphatic hydroxyl groups is 2. The van der Waals surface area contributed by atoms with Crippen molar-refractivity contribution in [2.75, 3.05) is 26.2 Å². The summed E-state index contributed by atoms with van der Waals surface area (Å²) < 4.78 is 5.80. The molecule has 1 aromatic carbocycles. The standard InChI is InChI=1S/C19H31NO3/c1-14-10-15(19(2,3)4)7-8-18(14)23-13-17(22)12-20-9-5-6-16(21)11-20/h7-8,10,16-17,21-22H,5-6,9,11-13H2,1-4H3/t16-,17-/m1/s1. The van der Waals surface area contributed by atoms with Gasteiger partial charge in [-0.2, -0.15) is 0 Å². The van der Waals surface area contributed by atoms with E-state index < -0.39 is 6.10 Å². The van der Waals surface area contributed by atoms with E-state index in [-0.39, 0.29) is 18.1 Å². The topological polar surface area (TPSA) is 52.9 Å². The van der Waals surface area contributed by atoms with Gasteiger partial charge in [0.15, 0.2) is 0 Å². The smallest absolute Gasteiger partial charge is 0.122 e. The quantitative estimate of drug-likeness (QED) is 0.875. The molecular weight excluding hydrogens is 290 g/mol. The highest BCUT2D eigenvalue weighted by atomic mass is 16.5. The molecule has 4 heteroatoms. The second kappa shape index (κ2) is 7.65. The van der Waals surface area contributed by atoms with Crippen LogP contribution in [0.4, 0.5) is 0 Å². The lowest BCUT2D eigenvalue weighted by atomic mass is 9.86. The molecule has 2 N–H and O–H groups in total. The molecule has 0 amide bonds. The molecule has 0 aliphatic carbocycles. The lowest BCUT2D eigenvalue weighted by Crippen LogP contribution is -2.43. The zero-order valence-electron chi connectivity index (χ0n) is 14.9. The molecule has 1 aliphatic heterocycles. The fourth-order valence-corrected chi connectivity index (χ4v) is 3.01. The monoisotopic (exact) mass is 321 g/mol. The Morgan fingerprint density at radius 1 is 1.35 bits per heavy atom. The van der Waals surface area contributed by atoms with E-state index in [4.69, 9.17) is 4.74 Å². The summed E-state index contributed by atoms with van der Waals surface area (Å²) in [4.78, 5) is 2.11. The van der Waals surface area contributed by atoms with Crippen molar-refractivity contribution in [1.82, 2.24) is 4.90 Å². The van der Waals surface area contributed by atoms with E-state index in [0.29, 0.717) is 13.1 Å². The van der Waals surface area contributed by atoms with Gasteiger partial charge in [-0.25, -0.2) is 0 Å². The van der Waals surface area contributed by atoms with Gasteiger partial charge in [-0.15, -0.1) is 0 Å². The van der Waals surface area contributed by atoms with E-state index in [1.807, 2.05) is 13.0 Å². The van der Waals surface area contributed by atoms with E-state index in [0.717, 1.165) is 30.7 Å². The van der Waals surface area contributed by atoms with Crippen LogP contribution in [0.3, 0.4) is 0 Å². The number of nitrogens with zero attached hydrogens (tertiary/aromatic N) is 1. The van der Waals surface area contributed by atoms with Crippen LogP contribution >= 0.6 is 0 Å². The number of hydrogen-bond donors (Lipinski definition) is 2. The third kappa shape index (κ3) is 5.48. The van der Waals surface area contributed by atoms with Gasteiger partial charge in [0.2, 0.25) is 0 Å². The van der Waals surface area contributed by atoms with Crippen LogP contribution in [-0.2, 0) is 5.41 Å². The highest BCUT2D eigenvalue weighted by Crippen LogP contribution is 2.27.